The molecule has 0 radical (unpaired) electrons. The summed E-state index contributed by atoms with van der Waals surface area (Å²) in [6.07, 6.45) is 1.88. The Hall–Kier alpha value is -1.79. The molecule has 3 rings (SSSR count). The van der Waals surface area contributed by atoms with Crippen molar-refractivity contribution in [3.63, 3.8) is 0 Å². The van der Waals surface area contributed by atoms with Crippen LogP contribution in [0.4, 0.5) is 0 Å². The summed E-state index contributed by atoms with van der Waals surface area (Å²) in [5.41, 5.74) is 2.94. The third-order valence-electron chi connectivity index (χ3n) is 3.00. The van der Waals surface area contributed by atoms with Crippen molar-refractivity contribution in [1.29, 1.82) is 0 Å². The van der Waals surface area contributed by atoms with Gasteiger partial charge in [0, 0.05) is 24.2 Å². The van der Waals surface area contributed by atoms with Crippen LogP contribution in [-0.4, -0.2) is 25.3 Å². The summed E-state index contributed by atoms with van der Waals surface area (Å²) < 4.78 is 16.6. The number of aromatic nitrogens is 1. The molecule has 0 unspecified atom stereocenters. The van der Waals surface area contributed by atoms with Crippen LogP contribution in [0.25, 0.3) is 0 Å². The highest BCUT2D eigenvalue weighted by Gasteiger charge is 2.18. The van der Waals surface area contributed by atoms with Crippen molar-refractivity contribution in [3.05, 3.63) is 34.3 Å². The molecule has 20 heavy (non-hydrogen) atoms. The van der Waals surface area contributed by atoms with Crippen LogP contribution in [0, 0.1) is 0 Å². The van der Waals surface area contributed by atoms with E-state index >= 15 is 0 Å². The topological polar surface area (TPSA) is 52.6 Å². The van der Waals surface area contributed by atoms with Gasteiger partial charge in [0.05, 0.1) is 12.6 Å². The van der Waals surface area contributed by atoms with Crippen molar-refractivity contribution in [1.82, 2.24) is 10.3 Å². The monoisotopic (exact) mass is 292 g/mol. The zero-order valence-corrected chi connectivity index (χ0v) is 12.0. The molecule has 0 aliphatic carbocycles. The molecule has 106 valence electrons. The number of benzene rings is 1. The van der Waals surface area contributed by atoms with Gasteiger partial charge in [-0.15, -0.1) is 11.3 Å². The Bertz CT molecular complexity index is 555. The van der Waals surface area contributed by atoms with E-state index in [0.29, 0.717) is 19.0 Å². The first kappa shape index (κ1) is 13.2. The van der Waals surface area contributed by atoms with Crippen LogP contribution in [0.2, 0.25) is 0 Å². The number of fused-ring (bicyclic) bond motifs is 1. The summed E-state index contributed by atoms with van der Waals surface area (Å²) in [6, 6.07) is 3.98. The lowest BCUT2D eigenvalue weighted by Gasteiger charge is -2.21. The van der Waals surface area contributed by atoms with E-state index in [0.717, 1.165) is 30.2 Å². The molecule has 5 nitrogen and oxygen atoms in total. The quantitative estimate of drug-likeness (QED) is 0.915. The maximum Gasteiger partial charge on any atom is 0.203 e. The van der Waals surface area contributed by atoms with Gasteiger partial charge in [-0.05, 0) is 17.7 Å². The predicted octanol–water partition coefficient (Wildman–Crippen LogP) is 2.21. The molecule has 6 heteroatoms. The Balaban J connectivity index is 1.69. The molecule has 1 aliphatic rings. The second-order valence-corrected chi connectivity index (χ2v) is 5.36. The number of thiazole rings is 1. The Morgan fingerprint density at radius 3 is 3.00 bits per heavy atom. The van der Waals surface area contributed by atoms with Crippen molar-refractivity contribution in [3.8, 4) is 17.2 Å². The summed E-state index contributed by atoms with van der Waals surface area (Å²) in [4.78, 5) is 5.27. The number of rotatable bonds is 5. The fourth-order valence-corrected chi connectivity index (χ4v) is 2.65. The molecule has 0 saturated heterocycles. The molecule has 1 N–H and O–H groups in total. The predicted molar refractivity (Wildman–Crippen MR) is 76.6 cm³/mol. The number of hydrogen-bond donors (Lipinski definition) is 1. The first-order valence-corrected chi connectivity index (χ1v) is 7.29. The summed E-state index contributed by atoms with van der Waals surface area (Å²) in [7, 11) is 1.64. The van der Waals surface area contributed by atoms with Gasteiger partial charge in [-0.1, -0.05) is 0 Å². The van der Waals surface area contributed by atoms with E-state index in [4.69, 9.17) is 14.2 Å². The largest absolute Gasteiger partial charge is 0.493 e. The Morgan fingerprint density at radius 1 is 1.30 bits per heavy atom. The second kappa shape index (κ2) is 6.11. The summed E-state index contributed by atoms with van der Waals surface area (Å²) >= 11 is 1.65. The van der Waals surface area contributed by atoms with Crippen LogP contribution in [0.15, 0.2) is 23.8 Å². The van der Waals surface area contributed by atoms with Gasteiger partial charge >= 0.3 is 0 Å². The number of ether oxygens (including phenoxy) is 3. The molecule has 0 bridgehead atoms. The van der Waals surface area contributed by atoms with Crippen LogP contribution in [0.3, 0.4) is 0 Å². The maximum absolute atomic E-state index is 5.62. The Labute approximate surface area is 121 Å². The highest BCUT2D eigenvalue weighted by molar-refractivity contribution is 7.09. The van der Waals surface area contributed by atoms with E-state index in [2.05, 4.69) is 10.3 Å². The normalized spacial score (nSPS) is 13.2. The lowest BCUT2D eigenvalue weighted by atomic mass is 10.1. The first-order valence-electron chi connectivity index (χ1n) is 6.41. The molecule has 0 spiro atoms. The molecule has 1 aliphatic heterocycles. The van der Waals surface area contributed by atoms with Gasteiger partial charge in [0.25, 0.3) is 0 Å². The summed E-state index contributed by atoms with van der Waals surface area (Å²) in [5.74, 6) is 2.17. The molecule has 1 aromatic carbocycles. The lowest BCUT2D eigenvalue weighted by Crippen LogP contribution is -2.17. The van der Waals surface area contributed by atoms with Crippen molar-refractivity contribution in [2.75, 3.05) is 20.3 Å². The van der Waals surface area contributed by atoms with Crippen molar-refractivity contribution < 1.29 is 14.2 Å². The molecule has 2 heterocycles. The van der Waals surface area contributed by atoms with Gasteiger partial charge in [0.1, 0.15) is 13.2 Å². The third-order valence-corrected chi connectivity index (χ3v) is 3.78. The van der Waals surface area contributed by atoms with Gasteiger partial charge in [0.2, 0.25) is 5.75 Å². The molecular formula is C14H16N2O3S. The highest BCUT2D eigenvalue weighted by atomic mass is 32.1. The molecule has 0 saturated carbocycles. The van der Waals surface area contributed by atoms with E-state index in [9.17, 15) is 0 Å². The number of methoxy groups -OCH3 is 1. The molecule has 0 atom stereocenters. The van der Waals surface area contributed by atoms with Crippen LogP contribution in [0.5, 0.6) is 17.2 Å². The molecule has 1 aromatic heterocycles. The zero-order valence-electron chi connectivity index (χ0n) is 11.2. The first-order chi connectivity index (χ1) is 9.86. The molecular weight excluding hydrogens is 276 g/mol. The van der Waals surface area contributed by atoms with Crippen molar-refractivity contribution >= 4 is 11.3 Å². The SMILES string of the molecule is COc1cc(CNCc2cncs2)cc2c1OCCO2. The standard InChI is InChI=1S/C14H16N2O3S/c1-17-12-4-10(5-13-14(12)19-3-2-18-13)6-15-7-11-8-16-9-20-11/h4-5,8-9,15H,2-3,6-7H2,1H3. The van der Waals surface area contributed by atoms with E-state index in [1.807, 2.05) is 23.8 Å². The van der Waals surface area contributed by atoms with Gasteiger partial charge in [-0.2, -0.15) is 0 Å². The number of nitrogens with one attached hydrogen (secondary N) is 1. The van der Waals surface area contributed by atoms with Gasteiger partial charge in [-0.25, -0.2) is 0 Å². The highest BCUT2D eigenvalue weighted by Crippen LogP contribution is 2.40. The minimum absolute atomic E-state index is 0.562. The Morgan fingerprint density at radius 2 is 2.20 bits per heavy atom. The van der Waals surface area contributed by atoms with Crippen LogP contribution >= 0.6 is 11.3 Å². The third kappa shape index (κ3) is 2.86. The Kier molecular flexibility index (Phi) is 4.03. The minimum atomic E-state index is 0.562. The van der Waals surface area contributed by atoms with Gasteiger partial charge < -0.3 is 19.5 Å². The summed E-state index contributed by atoms with van der Waals surface area (Å²) in [5, 5.41) is 3.38. The smallest absolute Gasteiger partial charge is 0.203 e. The minimum Gasteiger partial charge on any atom is -0.493 e. The van der Waals surface area contributed by atoms with Crippen LogP contribution in [0.1, 0.15) is 10.4 Å². The van der Waals surface area contributed by atoms with E-state index < -0.39 is 0 Å². The maximum atomic E-state index is 5.62. The lowest BCUT2D eigenvalue weighted by molar-refractivity contribution is 0.165. The average Bonchev–Trinajstić information content (AvgIpc) is 2.99. The molecule has 0 amide bonds. The van der Waals surface area contributed by atoms with Crippen LogP contribution in [-0.2, 0) is 13.1 Å². The van der Waals surface area contributed by atoms with E-state index in [-0.39, 0.29) is 0 Å². The average molecular weight is 292 g/mol. The molecule has 2 aromatic rings. The van der Waals surface area contributed by atoms with Crippen LogP contribution < -0.4 is 19.5 Å². The van der Waals surface area contributed by atoms with E-state index in [1.165, 1.54) is 4.88 Å². The number of hydrogen-bond acceptors (Lipinski definition) is 6. The molecule has 0 fully saturated rings. The van der Waals surface area contributed by atoms with E-state index in [1.54, 1.807) is 18.4 Å². The number of nitrogens with zero attached hydrogens (tertiary/aromatic N) is 1. The van der Waals surface area contributed by atoms with Gasteiger partial charge in [0.15, 0.2) is 11.5 Å². The summed E-state index contributed by atoms with van der Waals surface area (Å²) in [6.45, 7) is 2.69. The van der Waals surface area contributed by atoms with Crippen molar-refractivity contribution in [2.24, 2.45) is 0 Å². The van der Waals surface area contributed by atoms with Crippen molar-refractivity contribution in [2.45, 2.75) is 13.1 Å². The fourth-order valence-electron chi connectivity index (χ4n) is 2.09. The second-order valence-electron chi connectivity index (χ2n) is 4.39. The van der Waals surface area contributed by atoms with Gasteiger partial charge in [-0.3, -0.25) is 4.98 Å². The fraction of sp³-hybridized carbons (Fsp3) is 0.357. The zero-order chi connectivity index (χ0) is 13.8.